The number of hydroxylamine groups is 1. The van der Waals surface area contributed by atoms with Crippen LogP contribution in [-0.2, 0) is 21.6 Å². The van der Waals surface area contributed by atoms with Gasteiger partial charge in [0.05, 0.1) is 22.0 Å². The predicted octanol–water partition coefficient (Wildman–Crippen LogP) is 11.0. The van der Waals surface area contributed by atoms with E-state index in [1.807, 2.05) is 82.3 Å². The van der Waals surface area contributed by atoms with E-state index in [0.29, 0.717) is 58.4 Å². The lowest BCUT2D eigenvalue weighted by atomic mass is 9.77. The van der Waals surface area contributed by atoms with E-state index in [1.54, 1.807) is 13.1 Å². The lowest BCUT2D eigenvalue weighted by Gasteiger charge is -2.40. The smallest absolute Gasteiger partial charge is 0.275 e. The fraction of sp³-hybridized carbons (Fsp3) is 0.518. The lowest BCUT2D eigenvalue weighted by molar-refractivity contribution is -0.955. The summed E-state index contributed by atoms with van der Waals surface area (Å²) in [7, 11) is 1.46. The topological polar surface area (TPSA) is 178 Å². The van der Waals surface area contributed by atoms with Crippen LogP contribution in [0, 0.1) is 29.1 Å². The average molecular weight is 1080 g/mol. The van der Waals surface area contributed by atoms with E-state index in [1.165, 1.54) is 14.0 Å². The van der Waals surface area contributed by atoms with E-state index in [2.05, 4.69) is 57.8 Å². The highest BCUT2D eigenvalue weighted by Gasteiger charge is 2.30. The number of aromatic nitrogens is 2. The van der Waals surface area contributed by atoms with Gasteiger partial charge in [-0.15, -0.1) is 11.6 Å². The molecule has 3 heterocycles. The molecule has 0 bridgehead atoms. The van der Waals surface area contributed by atoms with Gasteiger partial charge in [0, 0.05) is 98.9 Å². The van der Waals surface area contributed by atoms with Crippen LogP contribution in [0.2, 0.25) is 5.02 Å². The van der Waals surface area contributed by atoms with Crippen LogP contribution < -0.4 is 24.7 Å². The monoisotopic (exact) mass is 1070 g/mol. The van der Waals surface area contributed by atoms with Crippen molar-refractivity contribution in [1.29, 1.82) is 5.26 Å². The molecule has 3 aromatic carbocycles. The first-order valence-electron chi connectivity index (χ1n) is 25.6. The van der Waals surface area contributed by atoms with Crippen molar-refractivity contribution in [1.82, 2.24) is 14.9 Å². The van der Waals surface area contributed by atoms with Gasteiger partial charge in [-0.05, 0) is 103 Å². The van der Waals surface area contributed by atoms with Crippen molar-refractivity contribution in [3.63, 3.8) is 0 Å². The molecule has 2 aliphatic rings. The summed E-state index contributed by atoms with van der Waals surface area (Å²) in [6, 6.07) is 19.4. The summed E-state index contributed by atoms with van der Waals surface area (Å²) in [6.07, 6.45) is 6.29. The van der Waals surface area contributed by atoms with E-state index in [0.717, 1.165) is 93.3 Å². The molecule has 0 saturated carbocycles. The van der Waals surface area contributed by atoms with Crippen LogP contribution in [0.25, 0.3) is 0 Å². The van der Waals surface area contributed by atoms with Gasteiger partial charge in [-0.2, -0.15) is 20.9 Å². The Morgan fingerprint density at radius 1 is 0.932 bits per heavy atom. The fourth-order valence-corrected chi connectivity index (χ4v) is 9.40. The first kappa shape index (κ1) is 59.6. The number of carbonyl (C=O) groups excluding carboxylic acids is 4. The number of quaternary nitrogens is 1. The molecule has 6 rings (SSSR count). The molecule has 1 aromatic heterocycles. The van der Waals surface area contributed by atoms with E-state index >= 15 is 0 Å². The molecule has 2 aliphatic heterocycles. The molecule has 4 aromatic rings. The number of nitriles is 1. The Bertz CT molecular complexity index is 2610. The van der Waals surface area contributed by atoms with Crippen LogP contribution >= 0.6 is 36.0 Å². The third-order valence-electron chi connectivity index (χ3n) is 14.2. The van der Waals surface area contributed by atoms with E-state index in [-0.39, 0.29) is 60.0 Å². The zero-order valence-corrected chi connectivity index (χ0v) is 47.0. The molecule has 18 heteroatoms. The Labute approximate surface area is 453 Å². The van der Waals surface area contributed by atoms with Gasteiger partial charge in [-0.1, -0.05) is 65.3 Å². The molecule has 74 heavy (non-hydrogen) atoms. The molecule has 2 fully saturated rings. The summed E-state index contributed by atoms with van der Waals surface area (Å²) in [6.45, 7) is 21.5. The Kier molecular flexibility index (Phi) is 22.1. The second-order valence-corrected chi connectivity index (χ2v) is 21.7. The average Bonchev–Trinajstić information content (AvgIpc) is 3.38. The van der Waals surface area contributed by atoms with Gasteiger partial charge in [0.15, 0.2) is 17.3 Å². The van der Waals surface area contributed by atoms with Gasteiger partial charge in [0.1, 0.15) is 62.3 Å². The summed E-state index contributed by atoms with van der Waals surface area (Å²) < 4.78 is 11.2. The summed E-state index contributed by atoms with van der Waals surface area (Å²) in [4.78, 5) is 63.5. The summed E-state index contributed by atoms with van der Waals surface area (Å²) in [5.74, 6) is 3.08. The Morgan fingerprint density at radius 3 is 2.19 bits per heavy atom. The van der Waals surface area contributed by atoms with E-state index in [9.17, 15) is 29.6 Å². The second kappa shape index (κ2) is 27.5. The first-order chi connectivity index (χ1) is 35.1. The molecule has 0 spiro atoms. The number of benzene rings is 3. The molecule has 3 atom stereocenters. The maximum atomic E-state index is 13.0. The number of rotatable bonds is 23. The third-order valence-corrected chi connectivity index (χ3v) is 14.7. The molecule has 2 N–H and O–H groups in total. The van der Waals surface area contributed by atoms with Crippen LogP contribution in [0.3, 0.4) is 0 Å². The van der Waals surface area contributed by atoms with E-state index < -0.39 is 9.58 Å². The van der Waals surface area contributed by atoms with E-state index in [4.69, 9.17) is 37.7 Å². The molecule has 0 amide bonds. The molecule has 2 saturated heterocycles. The van der Waals surface area contributed by atoms with Crippen molar-refractivity contribution in [2.24, 2.45) is 17.8 Å². The second-order valence-electron chi connectivity index (χ2n) is 20.1. The van der Waals surface area contributed by atoms with Gasteiger partial charge in [-0.3, -0.25) is 24.1 Å². The highest BCUT2D eigenvalue weighted by molar-refractivity contribution is 7.74. The minimum atomic E-state index is -0.829. The Balaban J connectivity index is 0.000000824. The fourth-order valence-electron chi connectivity index (χ4n) is 8.96. The normalized spacial score (nSPS) is 15.9. The van der Waals surface area contributed by atoms with Gasteiger partial charge in [0.25, 0.3) is 5.95 Å². The standard InChI is InChI=1S/C47H59Cl2N8O5S.C9H16O2/c1-7-31(2)43(59)40-13-10-38(26-41(40)32(3)58)55-21-19-54(20-22-55)29-33-14-17-56(18-15-33)45-35(28-51-46(52-45)53-57(6,60)63)30-62-39-11-8-36(9-12-39)47(4,5)37-24-34(27-50)44(42(49)25-37)61-23-16-48;1-4-9(11)6-5-7(2)8(3)10/h8-13,24-26,28,31,33,60,63H,7,14-23,29-30H2,1-6H3,(H,51,52,53);7H,4-6H2,1-3H3/q+1;. The van der Waals surface area contributed by atoms with Crippen LogP contribution in [0.5, 0.6) is 11.5 Å². The molecule has 0 aliphatic carbocycles. The zero-order valence-electron chi connectivity index (χ0n) is 44.5. The highest BCUT2D eigenvalue weighted by Crippen LogP contribution is 2.39. The number of piperidine rings is 1. The summed E-state index contributed by atoms with van der Waals surface area (Å²) >= 11 is 16.5. The predicted molar refractivity (Wildman–Crippen MR) is 296 cm³/mol. The van der Waals surface area contributed by atoms with Crippen molar-refractivity contribution in [3.05, 3.63) is 99.2 Å². The Hall–Kier alpha value is -5.28. The largest absolute Gasteiger partial charge is 0.489 e. The molecule has 3 unspecified atom stereocenters. The number of thiol groups is 1. The number of piperazine rings is 1. The van der Waals surface area contributed by atoms with Crippen molar-refractivity contribution in [2.75, 3.05) is 80.6 Å². The van der Waals surface area contributed by atoms with Crippen molar-refractivity contribution in [2.45, 2.75) is 106 Å². The zero-order chi connectivity index (χ0) is 54.3. The molecule has 0 radical (unpaired) electrons. The van der Waals surface area contributed by atoms with Crippen molar-refractivity contribution >= 4 is 76.6 Å². The minimum absolute atomic E-state index is 0.0252. The van der Waals surface area contributed by atoms with Gasteiger partial charge in [-0.25, -0.2) is 4.98 Å². The number of ketones is 4. The third kappa shape index (κ3) is 16.6. The molecular weight excluding hydrogens is 1000 g/mol. The number of carbonyl (C=O) groups is 4. The van der Waals surface area contributed by atoms with Crippen molar-refractivity contribution in [3.8, 4) is 17.6 Å². The minimum Gasteiger partial charge on any atom is -0.489 e. The van der Waals surface area contributed by atoms with Crippen LogP contribution in [0.1, 0.15) is 137 Å². The number of hydrogen-bond donors (Lipinski definition) is 3. The lowest BCUT2D eigenvalue weighted by Crippen LogP contribution is -2.49. The number of Topliss-reactive ketones (excluding diaryl/α,β-unsaturated/α-hetero) is 4. The van der Waals surface area contributed by atoms with Gasteiger partial charge >= 0.3 is 0 Å². The number of anilines is 3. The maximum Gasteiger partial charge on any atom is 0.275 e. The van der Waals surface area contributed by atoms with Crippen molar-refractivity contribution < 1.29 is 38.0 Å². The molecule has 15 nitrogen and oxygen atoms in total. The Morgan fingerprint density at radius 2 is 1.61 bits per heavy atom. The van der Waals surface area contributed by atoms with Gasteiger partial charge in [0.2, 0.25) is 0 Å². The molecule has 400 valence electrons. The quantitative estimate of drug-likeness (QED) is 0.0210. The maximum absolute atomic E-state index is 13.0. The number of alkyl halides is 1. The number of nitrogens with zero attached hydrogens (tertiary/aromatic N) is 7. The highest BCUT2D eigenvalue weighted by atomic mass is 35.5. The van der Waals surface area contributed by atoms with Crippen LogP contribution in [0.15, 0.2) is 60.8 Å². The SMILES string of the molecule is CCC(=O)CCC(C)C(C)=O.CCC(C)C(=O)c1ccc(N2CCN(CC3CCN(c4nc(N[N+](C)(O)S)ncc4COc4ccc(C(C)(C)c5cc(Cl)c(OCCCl)c(C#N)c5)cc4)CC3)CC2)cc1C(C)=O. The van der Waals surface area contributed by atoms with Gasteiger partial charge < -0.3 is 19.3 Å². The first-order valence-corrected chi connectivity index (χ1v) is 27.0. The summed E-state index contributed by atoms with van der Waals surface area (Å²) in [5, 5.41) is 20.5. The number of nitrogens with one attached hydrogen (secondary N) is 1. The number of ether oxygens (including phenoxy) is 2. The molecular formula is C56H75Cl2N8O7S+. The van der Waals surface area contributed by atoms with Crippen LogP contribution in [0.4, 0.5) is 17.5 Å². The summed E-state index contributed by atoms with van der Waals surface area (Å²) in [5.41, 5.74) is 7.39. The van der Waals surface area contributed by atoms with Crippen LogP contribution in [-0.4, -0.2) is 113 Å². The number of hydrogen-bond acceptors (Lipinski definition) is 15. The number of halogens is 2.